The summed E-state index contributed by atoms with van der Waals surface area (Å²) in [6.07, 6.45) is 3.10. The van der Waals surface area contributed by atoms with E-state index >= 15 is 0 Å². The van der Waals surface area contributed by atoms with Crippen molar-refractivity contribution in [3.63, 3.8) is 0 Å². The molecule has 6 heteroatoms. The fraction of sp³-hybridized carbons (Fsp3) is 0.500. The summed E-state index contributed by atoms with van der Waals surface area (Å²) in [7, 11) is 0. The normalized spacial score (nSPS) is 19.8. The van der Waals surface area contributed by atoms with E-state index in [0.29, 0.717) is 0 Å². The minimum Gasteiger partial charge on any atom is -0.394 e. The molecule has 1 saturated heterocycles. The van der Waals surface area contributed by atoms with Crippen LogP contribution in [0.25, 0.3) is 0 Å². The molecule has 1 aliphatic heterocycles. The zero-order valence-corrected chi connectivity index (χ0v) is 10.1. The van der Waals surface area contributed by atoms with E-state index in [0.717, 1.165) is 31.5 Å². The maximum Gasteiger partial charge on any atom is 0.292 e. The Hall–Kier alpha value is -1.82. The molecule has 6 nitrogen and oxygen atoms in total. The molecule has 1 atom stereocenters. The first-order valence-electron chi connectivity index (χ1n) is 6.05. The van der Waals surface area contributed by atoms with Crippen LogP contribution in [0.2, 0.25) is 0 Å². The Kier molecular flexibility index (Phi) is 3.66. The average molecular weight is 251 g/mol. The van der Waals surface area contributed by atoms with E-state index in [1.807, 2.05) is 0 Å². The van der Waals surface area contributed by atoms with Crippen LogP contribution in [0.1, 0.15) is 19.3 Å². The molecule has 0 saturated carbocycles. The summed E-state index contributed by atoms with van der Waals surface area (Å²) in [6.45, 7) is 0.944. The molecule has 1 unspecified atom stereocenters. The Morgan fingerprint density at radius 1 is 1.50 bits per heavy atom. The van der Waals surface area contributed by atoms with Gasteiger partial charge < -0.3 is 15.7 Å². The Balaban J connectivity index is 2.27. The zero-order chi connectivity index (χ0) is 13.1. The van der Waals surface area contributed by atoms with Crippen molar-refractivity contribution >= 4 is 17.1 Å². The maximum atomic E-state index is 10.7. The fourth-order valence-corrected chi connectivity index (χ4v) is 2.42. The highest BCUT2D eigenvalue weighted by Crippen LogP contribution is 2.30. The number of nitro benzene ring substituents is 1. The van der Waals surface area contributed by atoms with Crippen molar-refractivity contribution in [1.82, 2.24) is 0 Å². The van der Waals surface area contributed by atoms with Crippen molar-refractivity contribution in [2.75, 3.05) is 23.8 Å². The van der Waals surface area contributed by atoms with Gasteiger partial charge >= 0.3 is 0 Å². The van der Waals surface area contributed by atoms with E-state index in [-0.39, 0.29) is 24.0 Å². The number of hydrogen-bond acceptors (Lipinski definition) is 5. The Morgan fingerprint density at radius 2 is 2.28 bits per heavy atom. The lowest BCUT2D eigenvalue weighted by atomic mass is 10.0. The smallest absolute Gasteiger partial charge is 0.292 e. The van der Waals surface area contributed by atoms with Gasteiger partial charge in [-0.1, -0.05) is 0 Å². The maximum absolute atomic E-state index is 10.7. The van der Waals surface area contributed by atoms with Gasteiger partial charge in [0.05, 0.1) is 17.6 Å². The van der Waals surface area contributed by atoms with Gasteiger partial charge in [-0.3, -0.25) is 10.1 Å². The second-order valence-corrected chi connectivity index (χ2v) is 4.53. The van der Waals surface area contributed by atoms with Crippen LogP contribution in [0.4, 0.5) is 17.1 Å². The molecule has 98 valence electrons. The first-order chi connectivity index (χ1) is 8.63. The highest BCUT2D eigenvalue weighted by molar-refractivity contribution is 5.67. The van der Waals surface area contributed by atoms with Gasteiger partial charge in [-0.15, -0.1) is 0 Å². The van der Waals surface area contributed by atoms with Crippen LogP contribution in [0.15, 0.2) is 18.2 Å². The molecule has 0 aliphatic carbocycles. The zero-order valence-electron chi connectivity index (χ0n) is 10.1. The molecule has 0 spiro atoms. The molecule has 0 bridgehead atoms. The third kappa shape index (κ3) is 2.38. The second kappa shape index (κ2) is 5.22. The number of nitrogen functional groups attached to an aromatic ring is 1. The van der Waals surface area contributed by atoms with Gasteiger partial charge in [-0.05, 0) is 31.4 Å². The number of anilines is 2. The lowest BCUT2D eigenvalue weighted by molar-refractivity contribution is -0.383. The molecule has 1 fully saturated rings. The summed E-state index contributed by atoms with van der Waals surface area (Å²) in [5.74, 6) is 0. The summed E-state index contributed by atoms with van der Waals surface area (Å²) in [6, 6.07) is 4.82. The van der Waals surface area contributed by atoms with Gasteiger partial charge in [0.1, 0.15) is 5.69 Å². The lowest BCUT2D eigenvalue weighted by Crippen LogP contribution is -2.41. The molecular weight excluding hydrogens is 234 g/mol. The Bertz CT molecular complexity index is 450. The highest BCUT2D eigenvalue weighted by Gasteiger charge is 2.23. The number of rotatable bonds is 3. The summed E-state index contributed by atoms with van der Waals surface area (Å²) in [5, 5.41) is 20.1. The van der Waals surface area contributed by atoms with E-state index < -0.39 is 4.92 Å². The SMILES string of the molecule is Nc1cc(N2CCCCC2CO)ccc1[N+](=O)[O-]. The Morgan fingerprint density at radius 3 is 2.89 bits per heavy atom. The number of benzene rings is 1. The van der Waals surface area contributed by atoms with Crippen LogP contribution in [0, 0.1) is 10.1 Å². The topological polar surface area (TPSA) is 92.6 Å². The van der Waals surface area contributed by atoms with Crippen LogP contribution in [0.3, 0.4) is 0 Å². The summed E-state index contributed by atoms with van der Waals surface area (Å²) in [5.41, 5.74) is 6.62. The fourth-order valence-electron chi connectivity index (χ4n) is 2.42. The van der Waals surface area contributed by atoms with Gasteiger partial charge in [0, 0.05) is 18.3 Å². The van der Waals surface area contributed by atoms with E-state index in [1.54, 1.807) is 12.1 Å². The van der Waals surface area contributed by atoms with E-state index in [4.69, 9.17) is 5.73 Å². The van der Waals surface area contributed by atoms with Crippen LogP contribution in [0.5, 0.6) is 0 Å². The number of hydrogen-bond donors (Lipinski definition) is 2. The number of nitrogens with zero attached hydrogens (tertiary/aromatic N) is 2. The molecule has 1 aromatic carbocycles. The van der Waals surface area contributed by atoms with Crippen molar-refractivity contribution in [1.29, 1.82) is 0 Å². The lowest BCUT2D eigenvalue weighted by Gasteiger charge is -2.36. The van der Waals surface area contributed by atoms with Gasteiger partial charge in [-0.2, -0.15) is 0 Å². The predicted molar refractivity (Wildman–Crippen MR) is 69.6 cm³/mol. The van der Waals surface area contributed by atoms with Gasteiger partial charge in [0.25, 0.3) is 5.69 Å². The molecule has 0 amide bonds. The number of aliphatic hydroxyl groups is 1. The van der Waals surface area contributed by atoms with E-state index in [2.05, 4.69) is 4.90 Å². The van der Waals surface area contributed by atoms with E-state index in [9.17, 15) is 15.2 Å². The van der Waals surface area contributed by atoms with Gasteiger partial charge in [0.15, 0.2) is 0 Å². The molecule has 1 aromatic rings. The second-order valence-electron chi connectivity index (χ2n) is 4.53. The van der Waals surface area contributed by atoms with Crippen LogP contribution in [-0.2, 0) is 0 Å². The first kappa shape index (κ1) is 12.6. The van der Waals surface area contributed by atoms with Crippen LogP contribution in [-0.4, -0.2) is 29.2 Å². The van der Waals surface area contributed by atoms with Gasteiger partial charge in [-0.25, -0.2) is 0 Å². The average Bonchev–Trinajstić information content (AvgIpc) is 2.38. The van der Waals surface area contributed by atoms with Crippen molar-refractivity contribution in [3.8, 4) is 0 Å². The third-order valence-electron chi connectivity index (χ3n) is 3.38. The molecule has 0 radical (unpaired) electrons. The number of nitro groups is 1. The molecule has 1 heterocycles. The van der Waals surface area contributed by atoms with Crippen LogP contribution < -0.4 is 10.6 Å². The monoisotopic (exact) mass is 251 g/mol. The minimum absolute atomic E-state index is 0.0729. The summed E-state index contributed by atoms with van der Waals surface area (Å²) < 4.78 is 0. The van der Waals surface area contributed by atoms with Crippen molar-refractivity contribution in [3.05, 3.63) is 28.3 Å². The van der Waals surface area contributed by atoms with Crippen molar-refractivity contribution < 1.29 is 10.0 Å². The summed E-state index contributed by atoms with van der Waals surface area (Å²) in [4.78, 5) is 12.3. The van der Waals surface area contributed by atoms with Gasteiger partial charge in [0.2, 0.25) is 0 Å². The standard InChI is InChI=1S/C12H17N3O3/c13-11-7-9(4-5-12(11)15(17)18)14-6-2-1-3-10(14)8-16/h4-5,7,10,16H,1-3,6,8,13H2. The quantitative estimate of drug-likeness (QED) is 0.483. The van der Waals surface area contributed by atoms with Crippen molar-refractivity contribution in [2.24, 2.45) is 0 Å². The summed E-state index contributed by atoms with van der Waals surface area (Å²) >= 11 is 0. The van der Waals surface area contributed by atoms with E-state index in [1.165, 1.54) is 6.07 Å². The van der Waals surface area contributed by atoms with Crippen molar-refractivity contribution in [2.45, 2.75) is 25.3 Å². The molecule has 3 N–H and O–H groups in total. The molecule has 1 aliphatic rings. The molecule has 0 aromatic heterocycles. The highest BCUT2D eigenvalue weighted by atomic mass is 16.6. The predicted octanol–water partition coefficient (Wildman–Crippen LogP) is 1.53. The number of aliphatic hydroxyl groups excluding tert-OH is 1. The first-order valence-corrected chi connectivity index (χ1v) is 6.05. The minimum atomic E-state index is -0.487. The molecule has 2 rings (SSSR count). The number of piperidine rings is 1. The van der Waals surface area contributed by atoms with Crippen LogP contribution >= 0.6 is 0 Å². The molecular formula is C12H17N3O3. The largest absolute Gasteiger partial charge is 0.394 e. The number of nitrogens with two attached hydrogens (primary N) is 1. The third-order valence-corrected chi connectivity index (χ3v) is 3.38. The molecule has 18 heavy (non-hydrogen) atoms. The Labute approximate surface area is 105 Å².